The van der Waals surface area contributed by atoms with Crippen LogP contribution in [0.4, 0.5) is 11.5 Å². The van der Waals surface area contributed by atoms with E-state index in [-0.39, 0.29) is 6.10 Å². The highest BCUT2D eigenvalue weighted by Gasteiger charge is 2.22. The number of aromatic nitrogens is 2. The normalized spacial score (nSPS) is 14.4. The van der Waals surface area contributed by atoms with Gasteiger partial charge in [-0.1, -0.05) is 0 Å². The summed E-state index contributed by atoms with van der Waals surface area (Å²) < 4.78 is 16.5. The number of methoxy groups -OCH3 is 1. The van der Waals surface area contributed by atoms with Crippen molar-refractivity contribution in [2.24, 2.45) is 5.73 Å². The van der Waals surface area contributed by atoms with E-state index < -0.39 is 11.9 Å². The highest BCUT2D eigenvalue weighted by Crippen LogP contribution is 2.37. The van der Waals surface area contributed by atoms with Crippen LogP contribution in [0.5, 0.6) is 5.75 Å². The smallest absolute Gasteiger partial charge is 0.348 e. The summed E-state index contributed by atoms with van der Waals surface area (Å²) in [5.74, 6) is 0.0681. The van der Waals surface area contributed by atoms with Gasteiger partial charge in [0.2, 0.25) is 5.91 Å². The fourth-order valence-electron chi connectivity index (χ4n) is 3.43. The van der Waals surface area contributed by atoms with Crippen LogP contribution in [-0.2, 0) is 9.47 Å². The average molecular weight is 442 g/mol. The number of nitrogens with two attached hydrogens (primary N) is 1. The first-order valence-electron chi connectivity index (χ1n) is 9.75. The first kappa shape index (κ1) is 21.0. The van der Waals surface area contributed by atoms with E-state index in [9.17, 15) is 9.59 Å². The van der Waals surface area contributed by atoms with Gasteiger partial charge in [-0.15, -0.1) is 11.3 Å². The first-order valence-corrected chi connectivity index (χ1v) is 10.6. The molecule has 1 aromatic carbocycles. The second-order valence-corrected chi connectivity index (χ2v) is 8.08. The minimum atomic E-state index is -0.538. The molecule has 0 atom stereocenters. The number of benzene rings is 1. The van der Waals surface area contributed by atoms with E-state index in [1.807, 2.05) is 6.92 Å². The molecule has 0 radical (unpaired) electrons. The molecule has 1 aliphatic rings. The summed E-state index contributed by atoms with van der Waals surface area (Å²) >= 11 is 1.25. The number of hydrogen-bond donors (Lipinski definition) is 2. The number of nitrogens with zero attached hydrogens (tertiary/aromatic N) is 2. The molecule has 1 fully saturated rings. The Bertz CT molecular complexity index is 1140. The largest absolute Gasteiger partial charge is 0.488 e. The maximum atomic E-state index is 12.1. The monoisotopic (exact) mass is 442 g/mol. The van der Waals surface area contributed by atoms with Gasteiger partial charge in [0.1, 0.15) is 33.7 Å². The lowest BCUT2D eigenvalue weighted by atomic mass is 10.1. The number of amides is 1. The van der Waals surface area contributed by atoms with Gasteiger partial charge in [-0.05, 0) is 30.7 Å². The van der Waals surface area contributed by atoms with Crippen LogP contribution < -0.4 is 15.8 Å². The van der Waals surface area contributed by atoms with Gasteiger partial charge in [0.05, 0.1) is 31.4 Å². The molecule has 4 rings (SSSR count). The number of thiophene rings is 1. The van der Waals surface area contributed by atoms with Crippen LogP contribution in [0.3, 0.4) is 0 Å². The maximum absolute atomic E-state index is 12.1. The number of primary amides is 1. The molecule has 1 aliphatic heterocycles. The molecule has 31 heavy (non-hydrogen) atoms. The Kier molecular flexibility index (Phi) is 6.01. The Balaban J connectivity index is 1.73. The van der Waals surface area contributed by atoms with E-state index in [0.717, 1.165) is 23.8 Å². The topological polar surface area (TPSA) is 126 Å². The molecule has 0 aliphatic carbocycles. The molecule has 0 spiro atoms. The fraction of sp³-hybridized carbons (Fsp3) is 0.333. The lowest BCUT2D eigenvalue weighted by Gasteiger charge is -2.25. The van der Waals surface area contributed by atoms with Crippen molar-refractivity contribution in [3.63, 3.8) is 0 Å². The minimum absolute atomic E-state index is 0.0309. The van der Waals surface area contributed by atoms with Gasteiger partial charge < -0.3 is 25.3 Å². The third kappa shape index (κ3) is 4.30. The Morgan fingerprint density at radius 2 is 2.03 bits per heavy atom. The zero-order valence-electron chi connectivity index (χ0n) is 17.1. The predicted octanol–water partition coefficient (Wildman–Crippen LogP) is 3.19. The molecule has 9 nitrogen and oxygen atoms in total. The van der Waals surface area contributed by atoms with Crippen LogP contribution in [0.2, 0.25) is 0 Å². The van der Waals surface area contributed by atoms with E-state index in [2.05, 4.69) is 15.3 Å². The standard InChI is InChI=1S/C21H22N4O5S/c1-11-16-19(23-10-24-20(16)31-17(11)21(27)28-2)25-14-4-3-12(18(22)26)9-15(14)30-13-5-7-29-8-6-13/h3-4,9-10,13H,5-8H2,1-2H3,(H2,22,26)(H,23,24,25). The van der Waals surface area contributed by atoms with Crippen molar-refractivity contribution in [1.82, 2.24) is 9.97 Å². The Morgan fingerprint density at radius 1 is 1.26 bits per heavy atom. The fourth-order valence-corrected chi connectivity index (χ4v) is 4.50. The second kappa shape index (κ2) is 8.86. The van der Waals surface area contributed by atoms with Crippen LogP contribution in [0.15, 0.2) is 24.5 Å². The van der Waals surface area contributed by atoms with Crippen molar-refractivity contribution in [2.75, 3.05) is 25.6 Å². The third-order valence-electron chi connectivity index (χ3n) is 5.08. The molecule has 162 valence electrons. The van der Waals surface area contributed by atoms with Gasteiger partial charge in [0.25, 0.3) is 0 Å². The van der Waals surface area contributed by atoms with Gasteiger partial charge in [0.15, 0.2) is 0 Å². The van der Waals surface area contributed by atoms with Gasteiger partial charge in [-0.25, -0.2) is 14.8 Å². The third-order valence-corrected chi connectivity index (χ3v) is 6.26. The Labute approximate surface area is 182 Å². The summed E-state index contributed by atoms with van der Waals surface area (Å²) in [6.45, 7) is 3.08. The zero-order valence-corrected chi connectivity index (χ0v) is 18.0. The average Bonchev–Trinajstić information content (AvgIpc) is 3.12. The highest BCUT2D eigenvalue weighted by atomic mass is 32.1. The molecule has 0 saturated carbocycles. The number of aryl methyl sites for hydroxylation is 1. The number of hydrogen-bond acceptors (Lipinski definition) is 9. The molecule has 10 heteroatoms. The van der Waals surface area contributed by atoms with Crippen molar-refractivity contribution in [1.29, 1.82) is 0 Å². The number of rotatable bonds is 6. The minimum Gasteiger partial charge on any atom is -0.488 e. The molecule has 3 heterocycles. The zero-order chi connectivity index (χ0) is 22.0. The summed E-state index contributed by atoms with van der Waals surface area (Å²) in [6.07, 6.45) is 2.91. The Morgan fingerprint density at radius 3 is 2.74 bits per heavy atom. The molecular formula is C21H22N4O5S. The van der Waals surface area contributed by atoms with E-state index in [1.165, 1.54) is 24.8 Å². The number of nitrogens with one attached hydrogen (secondary N) is 1. The summed E-state index contributed by atoms with van der Waals surface area (Å²) in [7, 11) is 1.34. The van der Waals surface area contributed by atoms with Crippen molar-refractivity contribution in [2.45, 2.75) is 25.9 Å². The number of anilines is 2. The number of ether oxygens (including phenoxy) is 3. The molecule has 1 amide bonds. The summed E-state index contributed by atoms with van der Waals surface area (Å²) in [5.41, 5.74) is 7.17. The lowest BCUT2D eigenvalue weighted by Crippen LogP contribution is -2.26. The summed E-state index contributed by atoms with van der Waals surface area (Å²) in [6, 6.07) is 4.98. The van der Waals surface area contributed by atoms with Crippen LogP contribution in [0.1, 0.15) is 38.4 Å². The van der Waals surface area contributed by atoms with Crippen LogP contribution >= 0.6 is 11.3 Å². The summed E-state index contributed by atoms with van der Waals surface area (Å²) in [4.78, 5) is 33.6. The molecule has 3 aromatic rings. The second-order valence-electron chi connectivity index (χ2n) is 7.08. The van der Waals surface area contributed by atoms with Gasteiger partial charge in [-0.2, -0.15) is 0 Å². The van der Waals surface area contributed by atoms with Crippen LogP contribution in [0, 0.1) is 6.92 Å². The van der Waals surface area contributed by atoms with Gasteiger partial charge in [-0.3, -0.25) is 4.79 Å². The van der Waals surface area contributed by atoms with Crippen LogP contribution in [0.25, 0.3) is 10.2 Å². The number of carbonyl (C=O) groups is 2. The van der Waals surface area contributed by atoms with Crippen LogP contribution in [-0.4, -0.2) is 48.3 Å². The quantitative estimate of drug-likeness (QED) is 0.558. The molecule has 0 bridgehead atoms. The van der Waals surface area contributed by atoms with Crippen molar-refractivity contribution in [3.05, 3.63) is 40.5 Å². The Hall–Kier alpha value is -3.24. The van der Waals surface area contributed by atoms with E-state index in [4.69, 9.17) is 19.9 Å². The number of esters is 1. The maximum Gasteiger partial charge on any atom is 0.348 e. The molecule has 0 unspecified atom stereocenters. The summed E-state index contributed by atoms with van der Waals surface area (Å²) in [5, 5.41) is 4.00. The first-order chi connectivity index (χ1) is 15.0. The van der Waals surface area contributed by atoms with E-state index >= 15 is 0 Å². The lowest BCUT2D eigenvalue weighted by molar-refractivity contribution is 0.0258. The van der Waals surface area contributed by atoms with Crippen molar-refractivity contribution < 1.29 is 23.8 Å². The number of fused-ring (bicyclic) bond motifs is 1. The van der Waals surface area contributed by atoms with Crippen molar-refractivity contribution in [3.8, 4) is 5.75 Å². The van der Waals surface area contributed by atoms with Crippen molar-refractivity contribution >= 4 is 44.9 Å². The van der Waals surface area contributed by atoms with E-state index in [1.54, 1.807) is 18.2 Å². The highest BCUT2D eigenvalue weighted by molar-refractivity contribution is 7.20. The van der Waals surface area contributed by atoms with Gasteiger partial charge >= 0.3 is 5.97 Å². The number of carbonyl (C=O) groups excluding carboxylic acids is 2. The molecular weight excluding hydrogens is 420 g/mol. The van der Waals surface area contributed by atoms with Gasteiger partial charge in [0, 0.05) is 18.4 Å². The predicted molar refractivity (Wildman–Crippen MR) is 116 cm³/mol. The molecule has 2 aromatic heterocycles. The van der Waals surface area contributed by atoms with E-state index in [0.29, 0.717) is 45.7 Å². The molecule has 3 N–H and O–H groups in total. The SMILES string of the molecule is COC(=O)c1sc2ncnc(Nc3ccc(C(N)=O)cc3OC3CCOCC3)c2c1C. The molecule has 1 saturated heterocycles.